The van der Waals surface area contributed by atoms with Crippen molar-refractivity contribution in [3.05, 3.63) is 59.8 Å². The molecule has 116 valence electrons. The van der Waals surface area contributed by atoms with Crippen LogP contribution in [0.1, 0.15) is 11.4 Å². The highest BCUT2D eigenvalue weighted by Gasteiger charge is 2.10. The van der Waals surface area contributed by atoms with Crippen molar-refractivity contribution in [2.45, 2.75) is 6.42 Å². The third kappa shape index (κ3) is 2.14. The fourth-order valence-electron chi connectivity index (χ4n) is 2.61. The number of nitrogens with zero attached hydrogens (tertiary/aromatic N) is 8. The van der Waals surface area contributed by atoms with E-state index in [1.54, 1.807) is 33.2 Å². The molecule has 0 fully saturated rings. The van der Waals surface area contributed by atoms with Crippen LogP contribution in [-0.2, 0) is 6.42 Å². The molecule has 0 saturated heterocycles. The molecular formula is C15H10N8S. The minimum absolute atomic E-state index is 0.656. The van der Waals surface area contributed by atoms with Gasteiger partial charge in [0.25, 0.3) is 0 Å². The Labute approximate surface area is 139 Å². The van der Waals surface area contributed by atoms with E-state index in [0.717, 1.165) is 32.9 Å². The number of benzene rings is 1. The van der Waals surface area contributed by atoms with E-state index in [-0.39, 0.29) is 0 Å². The van der Waals surface area contributed by atoms with Gasteiger partial charge in [-0.15, -0.1) is 21.5 Å². The van der Waals surface area contributed by atoms with Gasteiger partial charge >= 0.3 is 0 Å². The van der Waals surface area contributed by atoms with E-state index in [1.165, 1.54) is 0 Å². The lowest BCUT2D eigenvalue weighted by Gasteiger charge is -2.01. The zero-order valence-corrected chi connectivity index (χ0v) is 13.1. The molecule has 0 unspecified atom stereocenters. The zero-order valence-electron chi connectivity index (χ0n) is 12.3. The van der Waals surface area contributed by atoms with Crippen LogP contribution in [0.3, 0.4) is 0 Å². The van der Waals surface area contributed by atoms with Gasteiger partial charge in [-0.05, 0) is 39.6 Å². The first-order valence-electron chi connectivity index (χ1n) is 7.26. The molecule has 5 rings (SSSR count). The Morgan fingerprint density at radius 2 is 1.96 bits per heavy atom. The number of fused-ring (bicyclic) bond motifs is 3. The van der Waals surface area contributed by atoms with Gasteiger partial charge in [0.15, 0.2) is 11.5 Å². The maximum Gasteiger partial charge on any atom is 0.167 e. The molecule has 5 aromatic rings. The van der Waals surface area contributed by atoms with E-state index in [0.29, 0.717) is 6.42 Å². The summed E-state index contributed by atoms with van der Waals surface area (Å²) in [5.41, 5.74) is 2.88. The second-order valence-corrected chi connectivity index (χ2v) is 6.17. The average Bonchev–Trinajstić information content (AvgIpc) is 3.34. The summed E-state index contributed by atoms with van der Waals surface area (Å²) in [5, 5.41) is 18.7. The Hall–Kier alpha value is -3.20. The van der Waals surface area contributed by atoms with Crippen molar-refractivity contribution < 1.29 is 0 Å². The van der Waals surface area contributed by atoms with Gasteiger partial charge < -0.3 is 0 Å². The largest absolute Gasteiger partial charge is 0.225 e. The normalized spacial score (nSPS) is 11.5. The molecule has 0 atom stereocenters. The first kappa shape index (κ1) is 13.3. The minimum Gasteiger partial charge on any atom is -0.225 e. The van der Waals surface area contributed by atoms with Crippen LogP contribution in [0, 0.1) is 0 Å². The molecule has 24 heavy (non-hydrogen) atoms. The molecule has 4 aromatic heterocycles. The summed E-state index contributed by atoms with van der Waals surface area (Å²) >= 11 is 1.60. The summed E-state index contributed by atoms with van der Waals surface area (Å²) in [6.45, 7) is 0. The molecule has 0 amide bonds. The quantitative estimate of drug-likeness (QED) is 0.501. The topological polar surface area (TPSA) is 86.7 Å². The van der Waals surface area contributed by atoms with Crippen molar-refractivity contribution >= 4 is 27.2 Å². The molecule has 0 saturated carbocycles. The van der Waals surface area contributed by atoms with Gasteiger partial charge in [0, 0.05) is 6.42 Å². The number of thiophene rings is 1. The van der Waals surface area contributed by atoms with Crippen LogP contribution >= 0.6 is 11.3 Å². The van der Waals surface area contributed by atoms with Gasteiger partial charge in [-0.1, -0.05) is 12.1 Å². The third-order valence-corrected chi connectivity index (χ3v) is 4.58. The lowest BCUT2D eigenvalue weighted by molar-refractivity contribution is 0.788. The summed E-state index contributed by atoms with van der Waals surface area (Å²) in [6, 6.07) is 10.0. The van der Waals surface area contributed by atoms with Crippen LogP contribution in [0.4, 0.5) is 0 Å². The van der Waals surface area contributed by atoms with Crippen molar-refractivity contribution in [1.82, 2.24) is 39.8 Å². The van der Waals surface area contributed by atoms with Gasteiger partial charge in [0.05, 0.1) is 11.1 Å². The fourth-order valence-corrected chi connectivity index (χ4v) is 3.34. The summed E-state index contributed by atoms with van der Waals surface area (Å²) in [7, 11) is 0. The molecule has 0 bridgehead atoms. The van der Waals surface area contributed by atoms with Crippen LogP contribution in [0.5, 0.6) is 0 Å². The predicted molar refractivity (Wildman–Crippen MR) is 88.1 cm³/mol. The second kappa shape index (κ2) is 5.17. The van der Waals surface area contributed by atoms with Crippen molar-refractivity contribution in [3.63, 3.8) is 0 Å². The van der Waals surface area contributed by atoms with E-state index < -0.39 is 0 Å². The second-order valence-electron chi connectivity index (χ2n) is 5.28. The summed E-state index contributed by atoms with van der Waals surface area (Å²) in [4.78, 5) is 10.0. The molecule has 0 N–H and O–H groups in total. The SMILES string of the molecule is c1cc2c(ncn3nc(Cc4ccc(-n5cnnn5)cc4)nc23)s1. The Morgan fingerprint density at radius 1 is 1.04 bits per heavy atom. The van der Waals surface area contributed by atoms with Gasteiger partial charge in [-0.3, -0.25) is 0 Å². The molecule has 1 aromatic carbocycles. The highest BCUT2D eigenvalue weighted by Crippen LogP contribution is 2.22. The molecule has 0 aliphatic carbocycles. The zero-order chi connectivity index (χ0) is 15.9. The Kier molecular flexibility index (Phi) is 2.85. The fraction of sp³-hybridized carbons (Fsp3) is 0.0667. The Balaban J connectivity index is 1.47. The summed E-state index contributed by atoms with van der Waals surface area (Å²) < 4.78 is 3.35. The Morgan fingerprint density at radius 3 is 2.79 bits per heavy atom. The van der Waals surface area contributed by atoms with Gasteiger partial charge in [0.2, 0.25) is 0 Å². The van der Waals surface area contributed by atoms with Gasteiger partial charge in [-0.2, -0.15) is 0 Å². The average molecular weight is 334 g/mol. The molecule has 9 heteroatoms. The van der Waals surface area contributed by atoms with E-state index in [9.17, 15) is 0 Å². The number of aromatic nitrogens is 8. The highest BCUT2D eigenvalue weighted by atomic mass is 32.1. The first-order valence-corrected chi connectivity index (χ1v) is 8.14. The molecule has 4 heterocycles. The van der Waals surface area contributed by atoms with Crippen molar-refractivity contribution in [2.24, 2.45) is 0 Å². The van der Waals surface area contributed by atoms with E-state index >= 15 is 0 Å². The third-order valence-electron chi connectivity index (χ3n) is 3.76. The van der Waals surface area contributed by atoms with Crippen LogP contribution in [-0.4, -0.2) is 39.8 Å². The molecule has 0 aliphatic heterocycles. The van der Waals surface area contributed by atoms with Crippen molar-refractivity contribution in [2.75, 3.05) is 0 Å². The van der Waals surface area contributed by atoms with E-state index in [4.69, 9.17) is 0 Å². The molecule has 0 spiro atoms. The van der Waals surface area contributed by atoms with Crippen LogP contribution in [0.2, 0.25) is 0 Å². The number of hydrogen-bond donors (Lipinski definition) is 0. The standard InChI is InChI=1S/C15H10N8S/c1-3-11(22-9-17-20-21-22)4-2-10(1)7-13-18-14-12-5-6-24-15(12)16-8-23(14)19-13/h1-6,8-9H,7H2. The summed E-state index contributed by atoms with van der Waals surface area (Å²) in [6.07, 6.45) is 3.94. The smallest absolute Gasteiger partial charge is 0.167 e. The molecular weight excluding hydrogens is 324 g/mol. The monoisotopic (exact) mass is 334 g/mol. The maximum absolute atomic E-state index is 4.66. The lowest BCUT2D eigenvalue weighted by Crippen LogP contribution is -1.96. The molecule has 0 radical (unpaired) electrons. The van der Waals surface area contributed by atoms with E-state index in [1.807, 2.05) is 35.7 Å². The first-order chi connectivity index (χ1) is 11.9. The number of tetrazole rings is 1. The highest BCUT2D eigenvalue weighted by molar-refractivity contribution is 7.16. The van der Waals surface area contributed by atoms with Gasteiger partial charge in [-0.25, -0.2) is 19.2 Å². The van der Waals surface area contributed by atoms with Crippen LogP contribution in [0.15, 0.2) is 48.4 Å². The lowest BCUT2D eigenvalue weighted by atomic mass is 10.1. The van der Waals surface area contributed by atoms with Gasteiger partial charge in [0.1, 0.15) is 17.5 Å². The van der Waals surface area contributed by atoms with Crippen LogP contribution in [0.25, 0.3) is 21.6 Å². The maximum atomic E-state index is 4.66. The minimum atomic E-state index is 0.656. The molecule has 0 aliphatic rings. The van der Waals surface area contributed by atoms with Crippen molar-refractivity contribution in [3.8, 4) is 5.69 Å². The van der Waals surface area contributed by atoms with Crippen molar-refractivity contribution in [1.29, 1.82) is 0 Å². The van der Waals surface area contributed by atoms with Crippen LogP contribution < -0.4 is 0 Å². The molecule has 8 nitrogen and oxygen atoms in total. The summed E-state index contributed by atoms with van der Waals surface area (Å²) in [5.74, 6) is 0.769. The predicted octanol–water partition coefficient (Wildman–Crippen LogP) is 1.91. The number of hydrogen-bond acceptors (Lipinski definition) is 7. The number of rotatable bonds is 3. The van der Waals surface area contributed by atoms with E-state index in [2.05, 4.69) is 30.6 Å². The Bertz CT molecular complexity index is 1120.